The summed E-state index contributed by atoms with van der Waals surface area (Å²) >= 11 is 0. The van der Waals surface area contributed by atoms with E-state index in [1.807, 2.05) is 28.8 Å². The van der Waals surface area contributed by atoms with Crippen LogP contribution in [0.25, 0.3) is 22.2 Å². The van der Waals surface area contributed by atoms with Crippen LogP contribution >= 0.6 is 7.82 Å². The van der Waals surface area contributed by atoms with Gasteiger partial charge < -0.3 is 14.6 Å². The summed E-state index contributed by atoms with van der Waals surface area (Å²) in [6, 6.07) is 13.2. The molecule has 41 heavy (non-hydrogen) atoms. The van der Waals surface area contributed by atoms with E-state index in [-0.39, 0.29) is 17.7 Å². The summed E-state index contributed by atoms with van der Waals surface area (Å²) in [6.07, 6.45) is 2.14. The molecule has 214 valence electrons. The van der Waals surface area contributed by atoms with Crippen LogP contribution < -0.4 is 10.1 Å². The second kappa shape index (κ2) is 9.99. The SMILES string of the molecule is COP(=O)(OC)OC(C)(C)c1ccc(-c2ccc3nc4n(c3c2)C2C[C@H]4NC(=O)c3cccc(OC(F)F)c32)cn1. The average Bonchev–Trinajstić information content (AvgIpc) is 3.44. The lowest BCUT2D eigenvalue weighted by molar-refractivity contribution is -0.0507. The third-order valence-electron chi connectivity index (χ3n) is 7.47. The lowest BCUT2D eigenvalue weighted by Crippen LogP contribution is -2.28. The number of alkyl halides is 2. The molecule has 0 fully saturated rings. The van der Waals surface area contributed by atoms with Gasteiger partial charge in [-0.1, -0.05) is 18.2 Å². The molecule has 2 aliphatic rings. The third kappa shape index (κ3) is 4.70. The number of halogens is 2. The molecule has 0 saturated heterocycles. The molecule has 6 rings (SSSR count). The van der Waals surface area contributed by atoms with Crippen LogP contribution in [0.3, 0.4) is 0 Å². The summed E-state index contributed by atoms with van der Waals surface area (Å²) in [4.78, 5) is 22.3. The highest BCUT2D eigenvalue weighted by Gasteiger charge is 2.42. The zero-order chi connectivity index (χ0) is 29.1. The van der Waals surface area contributed by atoms with Crippen molar-refractivity contribution in [2.24, 2.45) is 0 Å². The summed E-state index contributed by atoms with van der Waals surface area (Å²) < 4.78 is 61.4. The van der Waals surface area contributed by atoms with Crippen LogP contribution in [0.5, 0.6) is 5.75 Å². The predicted molar refractivity (Wildman–Crippen MR) is 145 cm³/mol. The fourth-order valence-electron chi connectivity index (χ4n) is 5.59. The monoisotopic (exact) mass is 584 g/mol. The van der Waals surface area contributed by atoms with Crippen molar-refractivity contribution >= 4 is 24.8 Å². The van der Waals surface area contributed by atoms with Crippen molar-refractivity contribution in [3.63, 3.8) is 0 Å². The molecule has 4 aromatic rings. The van der Waals surface area contributed by atoms with Crippen molar-refractivity contribution in [1.29, 1.82) is 0 Å². The molecule has 0 aliphatic carbocycles. The number of hydrogen-bond donors (Lipinski definition) is 1. The largest absolute Gasteiger partial charge is 0.475 e. The Hall–Kier alpha value is -3.70. The van der Waals surface area contributed by atoms with Crippen LogP contribution in [0.2, 0.25) is 0 Å². The van der Waals surface area contributed by atoms with E-state index >= 15 is 0 Å². The Morgan fingerprint density at radius 3 is 2.54 bits per heavy atom. The fourth-order valence-corrected chi connectivity index (χ4v) is 6.54. The molecule has 2 bridgehead atoms. The number of nitrogens with zero attached hydrogens (tertiary/aromatic N) is 3. The minimum Gasteiger partial charge on any atom is -0.434 e. The van der Waals surface area contributed by atoms with Gasteiger partial charge in [0.25, 0.3) is 5.91 Å². The number of phosphoric acid groups is 1. The number of rotatable bonds is 8. The fraction of sp³-hybridized carbons (Fsp3) is 0.321. The van der Waals surface area contributed by atoms with Gasteiger partial charge in [0.2, 0.25) is 0 Å². The summed E-state index contributed by atoms with van der Waals surface area (Å²) in [7, 11) is -1.25. The Morgan fingerprint density at radius 2 is 1.85 bits per heavy atom. The van der Waals surface area contributed by atoms with Gasteiger partial charge in [-0.05, 0) is 56.2 Å². The van der Waals surface area contributed by atoms with E-state index in [0.29, 0.717) is 34.6 Å². The van der Waals surface area contributed by atoms with E-state index in [0.717, 1.165) is 16.6 Å². The minimum atomic E-state index is -3.74. The van der Waals surface area contributed by atoms with E-state index in [9.17, 15) is 18.1 Å². The van der Waals surface area contributed by atoms with Gasteiger partial charge in [-0.3, -0.25) is 23.3 Å². The van der Waals surface area contributed by atoms with Crippen molar-refractivity contribution in [1.82, 2.24) is 19.9 Å². The molecule has 1 unspecified atom stereocenters. The number of carbonyl (C=O) groups excluding carboxylic acids is 1. The Morgan fingerprint density at radius 1 is 1.10 bits per heavy atom. The lowest BCUT2D eigenvalue weighted by atomic mass is 9.97. The molecule has 2 aromatic heterocycles. The number of benzene rings is 2. The normalized spacial score (nSPS) is 18.3. The van der Waals surface area contributed by atoms with Gasteiger partial charge in [0.05, 0.1) is 28.8 Å². The molecule has 0 saturated carbocycles. The zero-order valence-electron chi connectivity index (χ0n) is 22.6. The van der Waals surface area contributed by atoms with Crippen LogP contribution in [0, 0.1) is 0 Å². The second-order valence-corrected chi connectivity index (χ2v) is 12.1. The average molecular weight is 585 g/mol. The molecule has 1 amide bonds. The molecule has 1 N–H and O–H groups in total. The van der Waals surface area contributed by atoms with Crippen molar-refractivity contribution in [3.8, 4) is 16.9 Å². The van der Waals surface area contributed by atoms with E-state index in [4.69, 9.17) is 23.3 Å². The van der Waals surface area contributed by atoms with Crippen LogP contribution in [-0.4, -0.2) is 41.3 Å². The first kappa shape index (κ1) is 27.5. The molecular weight excluding hydrogens is 557 g/mol. The van der Waals surface area contributed by atoms with Gasteiger partial charge in [-0.25, -0.2) is 9.55 Å². The van der Waals surface area contributed by atoms with Gasteiger partial charge in [-0.2, -0.15) is 8.78 Å². The van der Waals surface area contributed by atoms with E-state index in [1.165, 1.54) is 26.4 Å². The van der Waals surface area contributed by atoms with Gasteiger partial charge in [0.1, 0.15) is 17.2 Å². The smallest absolute Gasteiger partial charge is 0.434 e. The topological polar surface area (TPSA) is 114 Å². The number of imidazole rings is 1. The number of ether oxygens (including phenoxy) is 1. The molecule has 0 spiro atoms. The number of amides is 1. The highest BCUT2D eigenvalue weighted by Crippen LogP contribution is 2.53. The van der Waals surface area contributed by atoms with Gasteiger partial charge in [-0.15, -0.1) is 0 Å². The highest BCUT2D eigenvalue weighted by atomic mass is 31.2. The second-order valence-electron chi connectivity index (χ2n) is 10.3. The van der Waals surface area contributed by atoms with E-state index in [2.05, 4.69) is 10.3 Å². The minimum absolute atomic E-state index is 0.0275. The number of pyridine rings is 1. The van der Waals surface area contributed by atoms with Crippen LogP contribution in [0.15, 0.2) is 54.7 Å². The quantitative estimate of drug-likeness (QED) is 0.246. The molecule has 13 heteroatoms. The summed E-state index contributed by atoms with van der Waals surface area (Å²) in [5.41, 5.74) is 3.30. The maximum atomic E-state index is 13.3. The zero-order valence-corrected chi connectivity index (χ0v) is 23.5. The van der Waals surface area contributed by atoms with E-state index in [1.54, 1.807) is 32.2 Å². The van der Waals surface area contributed by atoms with E-state index < -0.39 is 26.1 Å². The first-order valence-electron chi connectivity index (χ1n) is 12.8. The molecule has 4 heterocycles. The van der Waals surface area contributed by atoms with Crippen molar-refractivity contribution in [2.45, 2.75) is 44.6 Å². The molecular formula is C28H27F2N4O6P. The summed E-state index contributed by atoms with van der Waals surface area (Å²) in [5, 5.41) is 2.99. The van der Waals surface area contributed by atoms with Crippen LogP contribution in [-0.2, 0) is 23.7 Å². The summed E-state index contributed by atoms with van der Waals surface area (Å²) in [5.74, 6) is 0.276. The number of fused-ring (bicyclic) bond motifs is 9. The maximum Gasteiger partial charge on any atom is 0.475 e. The summed E-state index contributed by atoms with van der Waals surface area (Å²) in [6.45, 7) is 0.396. The number of carbonyl (C=O) groups is 1. The Kier molecular flexibility index (Phi) is 6.69. The van der Waals surface area contributed by atoms with Gasteiger partial charge in [0.15, 0.2) is 0 Å². The molecule has 2 aromatic carbocycles. The number of aromatic nitrogens is 3. The Bertz CT molecular complexity index is 1700. The van der Waals surface area contributed by atoms with Gasteiger partial charge in [0, 0.05) is 37.1 Å². The van der Waals surface area contributed by atoms with Crippen LogP contribution in [0.1, 0.15) is 59.8 Å². The standard InChI is InChI=1S/C28H27F2N4O6P/c1-28(2,40-41(36,37-3)38-4)23-11-9-16(14-31-23)15-8-10-18-20(12-15)34-21-13-19(25(34)32-18)33-26(35)17-6-5-7-22(24(17)21)39-27(29)30/h5-12,14,19,21,27H,13H2,1-4H3,(H,33,35)/t19-,21?/m1/s1. The highest BCUT2D eigenvalue weighted by molar-refractivity contribution is 7.48. The number of hydrogen-bond acceptors (Lipinski definition) is 8. The van der Waals surface area contributed by atoms with Crippen molar-refractivity contribution < 1.29 is 36.4 Å². The predicted octanol–water partition coefficient (Wildman–Crippen LogP) is 6.13. The van der Waals surface area contributed by atoms with Crippen molar-refractivity contribution in [2.75, 3.05) is 14.2 Å². The Labute approximate surface area is 234 Å². The molecule has 0 radical (unpaired) electrons. The lowest BCUT2D eigenvalue weighted by Gasteiger charge is -2.27. The Balaban J connectivity index is 1.39. The number of nitrogens with one attached hydrogen (secondary N) is 1. The van der Waals surface area contributed by atoms with Gasteiger partial charge >= 0.3 is 14.4 Å². The first-order valence-corrected chi connectivity index (χ1v) is 14.3. The molecule has 10 nitrogen and oxygen atoms in total. The molecule has 2 aliphatic heterocycles. The first-order chi connectivity index (χ1) is 19.5. The van der Waals surface area contributed by atoms with Crippen molar-refractivity contribution in [3.05, 3.63) is 77.4 Å². The molecule has 2 atom stereocenters. The van der Waals surface area contributed by atoms with Crippen LogP contribution in [0.4, 0.5) is 8.78 Å². The number of phosphoric ester groups is 1. The third-order valence-corrected chi connectivity index (χ3v) is 9.04. The maximum absolute atomic E-state index is 13.3.